The van der Waals surface area contributed by atoms with Crippen molar-refractivity contribution in [2.45, 2.75) is 51.1 Å². The van der Waals surface area contributed by atoms with Crippen LogP contribution in [0.5, 0.6) is 0 Å². The van der Waals surface area contributed by atoms with Crippen LogP contribution >= 0.6 is 24.8 Å². The first-order valence-electron chi connectivity index (χ1n) is 10.3. The lowest BCUT2D eigenvalue weighted by atomic mass is 10.1. The third-order valence-electron chi connectivity index (χ3n) is 4.45. The van der Waals surface area contributed by atoms with E-state index < -0.39 is 18.6 Å². The summed E-state index contributed by atoms with van der Waals surface area (Å²) in [6.07, 6.45) is 3.05. The van der Waals surface area contributed by atoms with Crippen LogP contribution in [0.25, 0.3) is 0 Å². The van der Waals surface area contributed by atoms with Gasteiger partial charge in [-0.15, -0.1) is 24.8 Å². The minimum atomic E-state index is -0.969. The highest BCUT2D eigenvalue weighted by Gasteiger charge is 2.19. The number of carbonyl (C=O) groups is 2. The highest BCUT2D eigenvalue weighted by atomic mass is 35.5. The molecule has 186 valence electrons. The largest absolute Gasteiger partial charge is 0.394 e. The molecule has 0 aliphatic rings. The summed E-state index contributed by atoms with van der Waals surface area (Å²) in [6, 6.07) is 8.28. The number of aliphatic imine (C=N–C) groups is 1. The minimum absolute atomic E-state index is 0. The molecular formula is C21H35Cl2N7O3. The van der Waals surface area contributed by atoms with Crippen LogP contribution in [0.1, 0.15) is 38.2 Å². The van der Waals surface area contributed by atoms with Gasteiger partial charge in [0.05, 0.1) is 24.4 Å². The van der Waals surface area contributed by atoms with Gasteiger partial charge < -0.3 is 32.5 Å². The van der Waals surface area contributed by atoms with Gasteiger partial charge in [0.2, 0.25) is 11.8 Å². The summed E-state index contributed by atoms with van der Waals surface area (Å²) < 4.78 is 0. The summed E-state index contributed by atoms with van der Waals surface area (Å²) in [6.45, 7) is 2.43. The molecular weight excluding hydrogens is 469 g/mol. The van der Waals surface area contributed by atoms with E-state index in [0.29, 0.717) is 31.6 Å². The smallest absolute Gasteiger partial charge is 0.244 e. The zero-order valence-electron chi connectivity index (χ0n) is 18.8. The lowest BCUT2D eigenvalue weighted by Gasteiger charge is -2.16. The molecule has 0 saturated carbocycles. The standard InChI is InChI=1S/C21H33N7O3.2ClH/c1-15(13-22)25-11-2-3-12-26-20(31)18(14-29)28-19(30)6-4-5-16-7-9-17(10-8-16)27-21(23)24;;/h7-10,15,18,25,29H,2-6,11-12,14H2,1H3,(H,26,31)(H,28,30)(H4,23,24,27);2*1H/t15?,18-;;/m0../s1. The monoisotopic (exact) mass is 503 g/mol. The molecule has 33 heavy (non-hydrogen) atoms. The first kappa shape index (κ1) is 32.6. The Hall–Kier alpha value is -2.58. The van der Waals surface area contributed by atoms with E-state index in [9.17, 15) is 14.7 Å². The van der Waals surface area contributed by atoms with Gasteiger partial charge in [0.1, 0.15) is 6.04 Å². The number of nitriles is 1. The molecule has 0 saturated heterocycles. The van der Waals surface area contributed by atoms with Gasteiger partial charge in [-0.1, -0.05) is 12.1 Å². The molecule has 1 aromatic carbocycles. The number of nitrogens with one attached hydrogen (secondary N) is 3. The second kappa shape index (κ2) is 18.9. The Labute approximate surface area is 207 Å². The summed E-state index contributed by atoms with van der Waals surface area (Å²) >= 11 is 0. The number of carbonyl (C=O) groups excluding carboxylic acids is 2. The fraction of sp³-hybridized carbons (Fsp3) is 0.524. The molecule has 10 nitrogen and oxygen atoms in total. The average molecular weight is 504 g/mol. The van der Waals surface area contributed by atoms with Crippen molar-refractivity contribution in [2.75, 3.05) is 19.7 Å². The van der Waals surface area contributed by atoms with Gasteiger partial charge in [0.25, 0.3) is 0 Å². The Morgan fingerprint density at radius 1 is 1.12 bits per heavy atom. The van der Waals surface area contributed by atoms with Crippen molar-refractivity contribution in [3.05, 3.63) is 29.8 Å². The first-order chi connectivity index (χ1) is 14.8. The predicted octanol–water partition coefficient (Wildman–Crippen LogP) is 0.633. The summed E-state index contributed by atoms with van der Waals surface area (Å²) in [5, 5.41) is 26.4. The van der Waals surface area contributed by atoms with E-state index in [1.165, 1.54) is 0 Å². The fourth-order valence-electron chi connectivity index (χ4n) is 2.75. The van der Waals surface area contributed by atoms with Crippen LogP contribution in [0.3, 0.4) is 0 Å². The molecule has 8 N–H and O–H groups in total. The van der Waals surface area contributed by atoms with Crippen molar-refractivity contribution in [1.29, 1.82) is 5.26 Å². The number of benzene rings is 1. The van der Waals surface area contributed by atoms with Gasteiger partial charge >= 0.3 is 0 Å². The Morgan fingerprint density at radius 2 is 1.76 bits per heavy atom. The molecule has 1 aromatic rings. The number of hydrogen-bond donors (Lipinski definition) is 6. The third-order valence-corrected chi connectivity index (χ3v) is 4.45. The Balaban J connectivity index is 0. The predicted molar refractivity (Wildman–Crippen MR) is 134 cm³/mol. The number of hydrogen-bond acceptors (Lipinski definition) is 6. The van der Waals surface area contributed by atoms with Gasteiger partial charge in [-0.25, -0.2) is 4.99 Å². The van der Waals surface area contributed by atoms with Crippen LogP contribution in [-0.2, 0) is 16.0 Å². The highest BCUT2D eigenvalue weighted by molar-refractivity contribution is 5.87. The van der Waals surface area contributed by atoms with Crippen LogP contribution in [0.2, 0.25) is 0 Å². The maximum atomic E-state index is 12.1. The number of unbranched alkanes of at least 4 members (excludes halogenated alkanes) is 1. The van der Waals surface area contributed by atoms with Crippen molar-refractivity contribution in [3.8, 4) is 6.07 Å². The second-order valence-electron chi connectivity index (χ2n) is 7.16. The lowest BCUT2D eigenvalue weighted by Crippen LogP contribution is -2.49. The molecule has 0 aliphatic heterocycles. The van der Waals surface area contributed by atoms with E-state index in [4.69, 9.17) is 16.7 Å². The Kier molecular flexibility index (Phi) is 18.7. The highest BCUT2D eigenvalue weighted by Crippen LogP contribution is 2.14. The third kappa shape index (κ3) is 15.0. The normalized spacial score (nSPS) is 11.5. The molecule has 0 aromatic heterocycles. The van der Waals surface area contributed by atoms with Gasteiger partial charge in [-0.05, 0) is 56.8 Å². The van der Waals surface area contributed by atoms with Crippen LogP contribution in [0, 0.1) is 11.3 Å². The van der Waals surface area contributed by atoms with E-state index in [-0.39, 0.29) is 49.1 Å². The first-order valence-corrected chi connectivity index (χ1v) is 10.3. The quantitative estimate of drug-likeness (QED) is 0.122. The second-order valence-corrected chi connectivity index (χ2v) is 7.16. The van der Waals surface area contributed by atoms with Crippen molar-refractivity contribution >= 4 is 48.3 Å². The van der Waals surface area contributed by atoms with Crippen molar-refractivity contribution in [1.82, 2.24) is 16.0 Å². The number of aliphatic hydroxyl groups excluding tert-OH is 1. The summed E-state index contributed by atoms with van der Waals surface area (Å²) in [7, 11) is 0. The molecule has 0 spiro atoms. The van der Waals surface area contributed by atoms with E-state index in [1.54, 1.807) is 19.1 Å². The molecule has 12 heteroatoms. The molecule has 2 atom stereocenters. The number of aryl methyl sites for hydroxylation is 1. The van der Waals surface area contributed by atoms with Crippen molar-refractivity contribution < 1.29 is 14.7 Å². The zero-order chi connectivity index (χ0) is 23.1. The number of rotatable bonds is 14. The fourth-order valence-corrected chi connectivity index (χ4v) is 2.75. The minimum Gasteiger partial charge on any atom is -0.394 e. The molecule has 0 aliphatic carbocycles. The maximum Gasteiger partial charge on any atom is 0.244 e. The van der Waals surface area contributed by atoms with Gasteiger partial charge in [0, 0.05) is 13.0 Å². The van der Waals surface area contributed by atoms with Crippen LogP contribution in [0.15, 0.2) is 29.3 Å². The van der Waals surface area contributed by atoms with E-state index in [0.717, 1.165) is 18.4 Å². The topological polar surface area (TPSA) is 179 Å². The van der Waals surface area contributed by atoms with Crippen molar-refractivity contribution in [3.63, 3.8) is 0 Å². The Morgan fingerprint density at radius 3 is 2.33 bits per heavy atom. The summed E-state index contributed by atoms with van der Waals surface area (Å²) in [4.78, 5) is 28.2. The van der Waals surface area contributed by atoms with E-state index in [1.807, 2.05) is 12.1 Å². The Bertz CT molecular complexity index is 766. The lowest BCUT2D eigenvalue weighted by molar-refractivity contribution is -0.130. The molecule has 2 amide bonds. The van der Waals surface area contributed by atoms with E-state index >= 15 is 0 Å². The molecule has 1 unspecified atom stereocenters. The number of amides is 2. The van der Waals surface area contributed by atoms with Crippen LogP contribution in [-0.4, -0.2) is 54.7 Å². The van der Waals surface area contributed by atoms with Gasteiger partial charge in [-0.3, -0.25) is 9.59 Å². The van der Waals surface area contributed by atoms with Crippen LogP contribution < -0.4 is 27.4 Å². The van der Waals surface area contributed by atoms with Crippen LogP contribution in [0.4, 0.5) is 5.69 Å². The molecule has 0 radical (unpaired) electrons. The molecule has 0 heterocycles. The molecule has 1 rings (SSSR count). The number of halogens is 2. The summed E-state index contributed by atoms with van der Waals surface area (Å²) in [5.74, 6) is -0.709. The van der Waals surface area contributed by atoms with Crippen molar-refractivity contribution in [2.24, 2.45) is 16.5 Å². The number of nitrogens with two attached hydrogens (primary N) is 2. The number of aliphatic hydroxyl groups is 1. The zero-order valence-corrected chi connectivity index (χ0v) is 20.4. The SMILES string of the molecule is CC(C#N)NCCCCNC(=O)[C@H](CO)NC(=O)CCCc1ccc(N=C(N)N)cc1.Cl.Cl. The van der Waals surface area contributed by atoms with E-state index in [2.05, 4.69) is 27.0 Å². The maximum absolute atomic E-state index is 12.1. The molecule has 0 bridgehead atoms. The van der Waals surface area contributed by atoms with Gasteiger partial charge in [-0.2, -0.15) is 5.26 Å². The average Bonchev–Trinajstić information content (AvgIpc) is 2.74. The number of nitrogens with zero attached hydrogens (tertiary/aromatic N) is 2. The molecule has 0 fully saturated rings. The summed E-state index contributed by atoms with van der Waals surface area (Å²) in [5.41, 5.74) is 12.4. The van der Waals surface area contributed by atoms with Gasteiger partial charge in [0.15, 0.2) is 5.96 Å². The number of guanidine groups is 1.